The van der Waals surface area contributed by atoms with Crippen LogP contribution in [0.15, 0.2) is 104 Å². The van der Waals surface area contributed by atoms with E-state index in [4.69, 9.17) is 9.98 Å². The maximum absolute atomic E-state index is 5.19. The summed E-state index contributed by atoms with van der Waals surface area (Å²) in [6.45, 7) is 8.93. The highest BCUT2D eigenvalue weighted by Gasteiger charge is 2.31. The summed E-state index contributed by atoms with van der Waals surface area (Å²) in [6.07, 6.45) is 8.30. The summed E-state index contributed by atoms with van der Waals surface area (Å²) in [4.78, 5) is 10.4. The average Bonchev–Trinajstić information content (AvgIpc) is 3.36. The van der Waals surface area contributed by atoms with Gasteiger partial charge in [0.05, 0.1) is 22.8 Å². The molecule has 0 unspecified atom stereocenters. The van der Waals surface area contributed by atoms with E-state index in [1.54, 1.807) is 0 Å². The van der Waals surface area contributed by atoms with Gasteiger partial charge in [0, 0.05) is 0 Å². The molecule has 0 saturated heterocycles. The van der Waals surface area contributed by atoms with Gasteiger partial charge < -0.3 is 0 Å². The Labute approximate surface area is 192 Å². The highest BCUT2D eigenvalue weighted by Crippen LogP contribution is 2.38. The molecule has 2 aliphatic heterocycles. The van der Waals surface area contributed by atoms with Gasteiger partial charge in [-0.05, 0) is 71.3 Å². The maximum atomic E-state index is 5.19. The molecule has 0 N–H and O–H groups in total. The molecule has 0 amide bonds. The lowest BCUT2D eigenvalue weighted by atomic mass is 9.91. The Morgan fingerprint density at radius 2 is 0.844 bits per heavy atom. The largest absolute Gasteiger partial charge is 0.246 e. The van der Waals surface area contributed by atoms with Gasteiger partial charge in [-0.2, -0.15) is 0 Å². The predicted molar refractivity (Wildman–Crippen MR) is 139 cm³/mol. The minimum Gasteiger partial charge on any atom is -0.246 e. The zero-order valence-electron chi connectivity index (χ0n) is 19.7. The average molecular weight is 421 g/mol. The second-order valence-electron chi connectivity index (χ2n) is 8.13. The van der Waals surface area contributed by atoms with Crippen molar-refractivity contribution < 1.29 is 0 Å². The molecule has 162 valence electrons. The molecule has 0 saturated carbocycles. The van der Waals surface area contributed by atoms with Crippen molar-refractivity contribution in [3.05, 3.63) is 105 Å². The lowest BCUT2D eigenvalue weighted by Gasteiger charge is -2.10. The zero-order chi connectivity index (χ0) is 22.5. The molecule has 0 aromatic heterocycles. The van der Waals surface area contributed by atoms with E-state index < -0.39 is 0 Å². The Morgan fingerprint density at radius 1 is 0.500 bits per heavy atom. The number of benzene rings is 2. The Hall–Kier alpha value is -3.26. The van der Waals surface area contributed by atoms with Crippen LogP contribution in [0.3, 0.4) is 0 Å². The third-order valence-corrected chi connectivity index (χ3v) is 6.23. The van der Waals surface area contributed by atoms with Crippen LogP contribution in [-0.4, -0.2) is 11.4 Å². The van der Waals surface area contributed by atoms with Gasteiger partial charge in [0.25, 0.3) is 0 Å². The van der Waals surface area contributed by atoms with Gasteiger partial charge in [-0.1, -0.05) is 88.4 Å². The summed E-state index contributed by atoms with van der Waals surface area (Å²) in [5.74, 6) is 0. The van der Waals surface area contributed by atoms with E-state index in [1.807, 2.05) is 0 Å². The fourth-order valence-electron chi connectivity index (χ4n) is 4.70. The van der Waals surface area contributed by atoms with Crippen molar-refractivity contribution in [1.29, 1.82) is 0 Å². The first kappa shape index (κ1) is 22.0. The van der Waals surface area contributed by atoms with Gasteiger partial charge in [0.15, 0.2) is 0 Å². The van der Waals surface area contributed by atoms with E-state index in [0.717, 1.165) is 48.5 Å². The highest BCUT2D eigenvalue weighted by atomic mass is 14.9. The molecule has 2 nitrogen and oxygen atoms in total. The topological polar surface area (TPSA) is 24.7 Å². The second kappa shape index (κ2) is 9.91. The molecule has 2 heteroatoms. The lowest BCUT2D eigenvalue weighted by Crippen LogP contribution is -2.16. The molecular formula is C30H32N2. The van der Waals surface area contributed by atoms with Crippen LogP contribution >= 0.6 is 0 Å². The van der Waals surface area contributed by atoms with Gasteiger partial charge >= 0.3 is 0 Å². The standard InChI is InChI=1S/C30H32N2/c1-5-23-25(7-3)29(31-27(23)19-21-15-11-9-12-16-21)30-26(8-4)24(6-2)28(32-30)20-22-17-13-10-14-18-22/h9-20H,5-8H2,1-4H3/b27-19+,28-20+. The first-order valence-corrected chi connectivity index (χ1v) is 11.9. The number of hydrogen-bond acceptors (Lipinski definition) is 2. The maximum Gasteiger partial charge on any atom is 0.0932 e. The third-order valence-electron chi connectivity index (χ3n) is 6.23. The smallest absolute Gasteiger partial charge is 0.0932 e. The number of nitrogens with zero attached hydrogens (tertiary/aromatic N) is 2. The zero-order valence-corrected chi connectivity index (χ0v) is 19.7. The molecule has 0 atom stereocenters. The molecule has 2 aromatic carbocycles. The second-order valence-corrected chi connectivity index (χ2v) is 8.13. The number of rotatable bonds is 7. The molecule has 2 aliphatic rings. The van der Waals surface area contributed by atoms with E-state index in [2.05, 4.69) is 101 Å². The van der Waals surface area contributed by atoms with Crippen molar-refractivity contribution in [2.45, 2.75) is 53.4 Å². The van der Waals surface area contributed by atoms with E-state index >= 15 is 0 Å². The van der Waals surface area contributed by atoms with Gasteiger partial charge in [0.2, 0.25) is 0 Å². The van der Waals surface area contributed by atoms with Crippen LogP contribution in [-0.2, 0) is 0 Å². The minimum atomic E-state index is 0.962. The van der Waals surface area contributed by atoms with Gasteiger partial charge in [0.1, 0.15) is 0 Å². The molecular weight excluding hydrogens is 388 g/mol. The van der Waals surface area contributed by atoms with Gasteiger partial charge in [-0.3, -0.25) is 0 Å². The van der Waals surface area contributed by atoms with Crippen LogP contribution in [0.1, 0.15) is 64.5 Å². The Bertz CT molecular complexity index is 1070. The molecule has 2 heterocycles. The van der Waals surface area contributed by atoms with E-state index in [1.165, 1.54) is 33.4 Å². The molecule has 0 aliphatic carbocycles. The Balaban J connectivity index is 1.85. The number of aliphatic imine (C=N–C) groups is 2. The monoisotopic (exact) mass is 420 g/mol. The van der Waals surface area contributed by atoms with Crippen LogP contribution < -0.4 is 0 Å². The van der Waals surface area contributed by atoms with E-state index in [9.17, 15) is 0 Å². The van der Waals surface area contributed by atoms with Crippen LogP contribution in [0.4, 0.5) is 0 Å². The number of allylic oxidation sites excluding steroid dienone is 4. The summed E-state index contributed by atoms with van der Waals surface area (Å²) in [7, 11) is 0. The molecule has 4 rings (SSSR count). The summed E-state index contributed by atoms with van der Waals surface area (Å²) < 4.78 is 0. The summed E-state index contributed by atoms with van der Waals surface area (Å²) in [5.41, 5.74) is 12.1. The Kier molecular flexibility index (Phi) is 6.80. The molecule has 0 spiro atoms. The third kappa shape index (κ3) is 4.23. The van der Waals surface area contributed by atoms with Crippen LogP contribution in [0, 0.1) is 0 Å². The number of hydrogen-bond donors (Lipinski definition) is 0. The predicted octanol–water partition coefficient (Wildman–Crippen LogP) is 8.21. The highest BCUT2D eigenvalue weighted by molar-refractivity contribution is 6.55. The fraction of sp³-hybridized carbons (Fsp3) is 0.267. The summed E-state index contributed by atoms with van der Waals surface area (Å²) >= 11 is 0. The summed E-state index contributed by atoms with van der Waals surface area (Å²) in [6, 6.07) is 21.0. The molecule has 0 fully saturated rings. The van der Waals surface area contributed by atoms with Crippen molar-refractivity contribution in [3.8, 4) is 0 Å². The molecule has 32 heavy (non-hydrogen) atoms. The van der Waals surface area contributed by atoms with Crippen LogP contribution in [0.2, 0.25) is 0 Å². The van der Waals surface area contributed by atoms with E-state index in [-0.39, 0.29) is 0 Å². The summed E-state index contributed by atoms with van der Waals surface area (Å²) in [5, 5.41) is 0. The van der Waals surface area contributed by atoms with Crippen molar-refractivity contribution in [1.82, 2.24) is 0 Å². The SMILES string of the molecule is CCC1=C(CC)/C(=C\c2ccccc2)N=C1C1=N/C(=C/c2ccccc2)C(CC)=C1CC. The lowest BCUT2D eigenvalue weighted by molar-refractivity contribution is 1.06. The van der Waals surface area contributed by atoms with Crippen LogP contribution in [0.25, 0.3) is 12.2 Å². The van der Waals surface area contributed by atoms with Gasteiger partial charge in [-0.25, -0.2) is 9.98 Å². The fourth-order valence-corrected chi connectivity index (χ4v) is 4.70. The van der Waals surface area contributed by atoms with Crippen molar-refractivity contribution in [3.63, 3.8) is 0 Å². The van der Waals surface area contributed by atoms with Crippen molar-refractivity contribution in [2.75, 3.05) is 0 Å². The molecule has 2 aromatic rings. The minimum absolute atomic E-state index is 0.962. The van der Waals surface area contributed by atoms with Crippen molar-refractivity contribution in [2.24, 2.45) is 9.98 Å². The van der Waals surface area contributed by atoms with Crippen molar-refractivity contribution >= 4 is 23.6 Å². The molecule has 0 bridgehead atoms. The first-order valence-electron chi connectivity index (χ1n) is 11.9. The Morgan fingerprint density at radius 3 is 1.16 bits per heavy atom. The first-order chi connectivity index (χ1) is 15.7. The normalized spacial score (nSPS) is 18.8. The molecule has 0 radical (unpaired) electrons. The van der Waals surface area contributed by atoms with Gasteiger partial charge in [-0.15, -0.1) is 0 Å². The quantitative estimate of drug-likeness (QED) is 0.431. The van der Waals surface area contributed by atoms with Crippen LogP contribution in [0.5, 0.6) is 0 Å². The van der Waals surface area contributed by atoms with E-state index in [0.29, 0.717) is 0 Å².